The molecule has 1 saturated heterocycles. The minimum Gasteiger partial charge on any atom is -0.394 e. The first-order valence-electron chi connectivity index (χ1n) is 23.0. The number of nitrogens with one attached hydrogen (secondary N) is 1. The summed E-state index contributed by atoms with van der Waals surface area (Å²) in [6.07, 6.45) is 29.7. The van der Waals surface area contributed by atoms with Crippen molar-refractivity contribution in [1.82, 2.24) is 5.32 Å². The highest BCUT2D eigenvalue weighted by Gasteiger charge is 2.44. The zero-order valence-corrected chi connectivity index (χ0v) is 35.3. The Morgan fingerprint density at radius 3 is 1.49 bits per heavy atom. The van der Waals surface area contributed by atoms with Crippen molar-refractivity contribution in [1.29, 1.82) is 0 Å². The third-order valence-corrected chi connectivity index (χ3v) is 11.2. The van der Waals surface area contributed by atoms with Crippen LogP contribution in [0.3, 0.4) is 0 Å². The fourth-order valence-corrected chi connectivity index (χ4v) is 7.40. The molecule has 0 radical (unpaired) electrons. The summed E-state index contributed by atoms with van der Waals surface area (Å²) in [6, 6.07) is -0.898. The fourth-order valence-electron chi connectivity index (χ4n) is 7.40. The maximum absolute atomic E-state index is 13.0. The molecule has 55 heavy (non-hydrogen) atoms. The van der Waals surface area contributed by atoms with E-state index >= 15 is 0 Å². The second-order valence-electron chi connectivity index (χ2n) is 16.3. The minimum atomic E-state index is -1.60. The fraction of sp³-hybridized carbons (Fsp3) is 0.933. The molecule has 1 aliphatic rings. The first kappa shape index (κ1) is 51.9. The molecule has 0 aromatic heterocycles. The number of hydrogen-bond acceptors (Lipinski definition) is 9. The van der Waals surface area contributed by atoms with Crippen LogP contribution in [-0.4, -0.2) is 98.7 Å². The number of allylic oxidation sites excluding steroid dienone is 2. The lowest BCUT2D eigenvalue weighted by Gasteiger charge is -2.40. The van der Waals surface area contributed by atoms with E-state index in [1.165, 1.54) is 128 Å². The highest BCUT2D eigenvalue weighted by atomic mass is 16.7. The maximum Gasteiger partial charge on any atom is 0.249 e. The van der Waals surface area contributed by atoms with E-state index in [9.17, 15) is 35.4 Å². The van der Waals surface area contributed by atoms with Crippen LogP contribution in [0.1, 0.15) is 206 Å². The van der Waals surface area contributed by atoms with E-state index in [2.05, 4.69) is 31.3 Å². The molecular weight excluding hydrogens is 698 g/mol. The van der Waals surface area contributed by atoms with Crippen LogP contribution in [0.4, 0.5) is 0 Å². The summed E-state index contributed by atoms with van der Waals surface area (Å²) >= 11 is 0. The predicted octanol–water partition coefficient (Wildman–Crippen LogP) is 8.31. The van der Waals surface area contributed by atoms with Gasteiger partial charge in [-0.3, -0.25) is 4.79 Å². The average Bonchev–Trinajstić information content (AvgIpc) is 3.18. The first-order valence-corrected chi connectivity index (χ1v) is 23.0. The molecule has 0 bridgehead atoms. The van der Waals surface area contributed by atoms with Crippen molar-refractivity contribution in [3.8, 4) is 0 Å². The van der Waals surface area contributed by atoms with Gasteiger partial charge in [0, 0.05) is 0 Å². The molecular formula is C45H87NO9. The maximum atomic E-state index is 13.0. The SMILES string of the molecule is CCCCCCCCC/C=C\CCCCC(O)C(=O)NC(COC1OC(CO)C(O)C(O)C1O)C(O)CCCCCCCCCCCCCCCCCCC. The van der Waals surface area contributed by atoms with Gasteiger partial charge in [0.05, 0.1) is 25.4 Å². The van der Waals surface area contributed by atoms with E-state index in [0.29, 0.717) is 19.3 Å². The Morgan fingerprint density at radius 2 is 1.02 bits per heavy atom. The summed E-state index contributed by atoms with van der Waals surface area (Å²) < 4.78 is 11.2. The number of ether oxygens (including phenoxy) is 2. The average molecular weight is 786 g/mol. The molecule has 1 fully saturated rings. The van der Waals surface area contributed by atoms with Crippen LogP contribution in [0, 0.1) is 0 Å². The van der Waals surface area contributed by atoms with Crippen molar-refractivity contribution in [3.63, 3.8) is 0 Å². The van der Waals surface area contributed by atoms with Gasteiger partial charge in [-0.2, -0.15) is 0 Å². The van der Waals surface area contributed by atoms with Gasteiger partial charge < -0.3 is 45.4 Å². The summed E-state index contributed by atoms with van der Waals surface area (Å²) in [5, 5.41) is 64.8. The van der Waals surface area contributed by atoms with E-state index in [1.807, 2.05) is 0 Å². The van der Waals surface area contributed by atoms with Gasteiger partial charge in [0.25, 0.3) is 0 Å². The summed E-state index contributed by atoms with van der Waals surface area (Å²) in [7, 11) is 0. The molecule has 0 aromatic carbocycles. The van der Waals surface area contributed by atoms with Crippen molar-refractivity contribution in [2.45, 2.75) is 255 Å². The van der Waals surface area contributed by atoms with E-state index in [1.54, 1.807) is 0 Å². The van der Waals surface area contributed by atoms with Crippen LogP contribution < -0.4 is 5.32 Å². The Balaban J connectivity index is 2.40. The number of aliphatic hydroxyl groups is 6. The molecule has 10 nitrogen and oxygen atoms in total. The van der Waals surface area contributed by atoms with E-state index in [0.717, 1.165) is 44.9 Å². The van der Waals surface area contributed by atoms with Crippen LogP contribution in [-0.2, 0) is 14.3 Å². The van der Waals surface area contributed by atoms with Gasteiger partial charge in [-0.25, -0.2) is 0 Å². The zero-order valence-electron chi connectivity index (χ0n) is 35.3. The highest BCUT2D eigenvalue weighted by Crippen LogP contribution is 2.23. The lowest BCUT2D eigenvalue weighted by Crippen LogP contribution is -2.60. The summed E-state index contributed by atoms with van der Waals surface area (Å²) in [5.74, 6) is -0.599. The Labute approximate surface area is 336 Å². The third-order valence-electron chi connectivity index (χ3n) is 11.2. The monoisotopic (exact) mass is 786 g/mol. The van der Waals surface area contributed by atoms with Gasteiger partial charge in [-0.1, -0.05) is 180 Å². The summed E-state index contributed by atoms with van der Waals surface area (Å²) in [5.41, 5.74) is 0. The Kier molecular flexibility index (Phi) is 34.0. The number of unbranched alkanes of at least 4 members (excludes halogenated alkanes) is 25. The molecule has 1 rings (SSSR count). The zero-order chi connectivity index (χ0) is 40.4. The molecule has 1 aliphatic heterocycles. The Morgan fingerprint density at radius 1 is 0.600 bits per heavy atom. The van der Waals surface area contributed by atoms with Crippen LogP contribution in [0.2, 0.25) is 0 Å². The van der Waals surface area contributed by atoms with Gasteiger partial charge in [-0.15, -0.1) is 0 Å². The summed E-state index contributed by atoms with van der Waals surface area (Å²) in [4.78, 5) is 13.0. The molecule has 1 heterocycles. The van der Waals surface area contributed by atoms with Crippen LogP contribution in [0.25, 0.3) is 0 Å². The van der Waals surface area contributed by atoms with E-state index in [4.69, 9.17) is 9.47 Å². The molecule has 10 heteroatoms. The van der Waals surface area contributed by atoms with Gasteiger partial charge in [0.15, 0.2) is 6.29 Å². The Hall–Kier alpha value is -1.11. The molecule has 0 aliphatic carbocycles. The number of hydrogen-bond donors (Lipinski definition) is 7. The van der Waals surface area contributed by atoms with Crippen molar-refractivity contribution >= 4 is 5.91 Å². The second kappa shape index (κ2) is 36.0. The topological polar surface area (TPSA) is 169 Å². The van der Waals surface area contributed by atoms with Gasteiger partial charge in [-0.05, 0) is 38.5 Å². The first-order chi connectivity index (χ1) is 26.8. The van der Waals surface area contributed by atoms with Crippen molar-refractivity contribution in [2.24, 2.45) is 0 Å². The minimum absolute atomic E-state index is 0.259. The number of carbonyl (C=O) groups excluding carboxylic acids is 1. The molecule has 7 N–H and O–H groups in total. The molecule has 0 aromatic rings. The van der Waals surface area contributed by atoms with Crippen molar-refractivity contribution in [2.75, 3.05) is 13.2 Å². The molecule has 0 saturated carbocycles. The standard InChI is InChI=1S/C45H87NO9/c1-3-5-7-9-11-13-15-17-18-19-20-22-23-25-27-29-31-33-38(48)37(36-54-45-43(52)42(51)41(50)40(35-47)55-45)46-44(53)39(49)34-32-30-28-26-24-21-16-14-12-10-8-6-4-2/h24,26,37-43,45,47-52H,3-23,25,27-36H2,1-2H3,(H,46,53)/b26-24-. The number of aliphatic hydroxyl groups excluding tert-OH is 6. The third kappa shape index (κ3) is 26.5. The second-order valence-corrected chi connectivity index (χ2v) is 16.3. The molecule has 0 spiro atoms. The van der Waals surface area contributed by atoms with E-state index in [-0.39, 0.29) is 6.61 Å². The van der Waals surface area contributed by atoms with Crippen molar-refractivity contribution in [3.05, 3.63) is 12.2 Å². The number of carbonyl (C=O) groups is 1. The lowest BCUT2D eigenvalue weighted by molar-refractivity contribution is -0.302. The van der Waals surface area contributed by atoms with Crippen molar-refractivity contribution < 1.29 is 44.9 Å². The smallest absolute Gasteiger partial charge is 0.249 e. The van der Waals surface area contributed by atoms with Crippen LogP contribution in [0.15, 0.2) is 12.2 Å². The quantitative estimate of drug-likeness (QED) is 0.0241. The summed E-state index contributed by atoms with van der Waals surface area (Å²) in [6.45, 7) is 3.65. The Bertz CT molecular complexity index is 890. The molecule has 8 atom stereocenters. The normalized spacial score (nSPS) is 21.9. The molecule has 326 valence electrons. The number of rotatable bonds is 38. The molecule has 1 amide bonds. The van der Waals surface area contributed by atoms with Gasteiger partial charge in [0.2, 0.25) is 5.91 Å². The predicted molar refractivity (Wildman–Crippen MR) is 223 cm³/mol. The number of amides is 1. The lowest BCUT2D eigenvalue weighted by atomic mass is 9.99. The highest BCUT2D eigenvalue weighted by molar-refractivity contribution is 5.80. The largest absolute Gasteiger partial charge is 0.394 e. The van der Waals surface area contributed by atoms with E-state index < -0.39 is 61.5 Å². The van der Waals surface area contributed by atoms with Crippen LogP contribution in [0.5, 0.6) is 0 Å². The van der Waals surface area contributed by atoms with Gasteiger partial charge >= 0.3 is 0 Å². The van der Waals surface area contributed by atoms with Crippen LogP contribution >= 0.6 is 0 Å². The van der Waals surface area contributed by atoms with Gasteiger partial charge in [0.1, 0.15) is 30.5 Å². The molecule has 8 unspecified atom stereocenters.